The van der Waals surface area contributed by atoms with Gasteiger partial charge in [-0.1, -0.05) is 37.3 Å². The van der Waals surface area contributed by atoms with Gasteiger partial charge < -0.3 is 14.2 Å². The van der Waals surface area contributed by atoms with Crippen LogP contribution in [0.25, 0.3) is 11.0 Å². The highest BCUT2D eigenvalue weighted by Crippen LogP contribution is 2.34. The second-order valence-corrected chi connectivity index (χ2v) is 7.97. The van der Waals surface area contributed by atoms with E-state index in [0.717, 1.165) is 34.5 Å². The maximum atomic E-state index is 12.9. The third kappa shape index (κ3) is 3.82. The Hall–Kier alpha value is -3.15. The van der Waals surface area contributed by atoms with Crippen LogP contribution < -0.4 is 4.90 Å². The van der Waals surface area contributed by atoms with Gasteiger partial charge in [0.1, 0.15) is 12.4 Å². The molecule has 0 radical (unpaired) electrons. The van der Waals surface area contributed by atoms with Crippen molar-refractivity contribution in [2.24, 2.45) is 0 Å². The molecule has 6 nitrogen and oxygen atoms in total. The summed E-state index contributed by atoms with van der Waals surface area (Å²) in [7, 11) is 0. The molecule has 0 saturated carbocycles. The summed E-state index contributed by atoms with van der Waals surface area (Å²) in [5, 5.41) is 0. The first-order valence-electron chi connectivity index (χ1n) is 10.5. The van der Waals surface area contributed by atoms with Crippen molar-refractivity contribution in [2.75, 3.05) is 11.4 Å². The molecule has 2 heterocycles. The van der Waals surface area contributed by atoms with Gasteiger partial charge >= 0.3 is 5.97 Å². The van der Waals surface area contributed by atoms with Crippen molar-refractivity contribution in [1.82, 2.24) is 9.55 Å². The molecule has 1 atom stereocenters. The molecule has 0 N–H and O–H groups in total. The van der Waals surface area contributed by atoms with E-state index < -0.39 is 0 Å². The summed E-state index contributed by atoms with van der Waals surface area (Å²) < 4.78 is 7.28. The number of imidazole rings is 1. The van der Waals surface area contributed by atoms with Crippen LogP contribution >= 0.6 is 0 Å². The highest BCUT2D eigenvalue weighted by atomic mass is 16.5. The number of hydrogen-bond donors (Lipinski definition) is 0. The molecule has 1 aliphatic rings. The molecule has 0 spiro atoms. The number of para-hydroxylation sites is 3. The average Bonchev–Trinajstić information content (AvgIpc) is 3.28. The van der Waals surface area contributed by atoms with E-state index in [1.165, 1.54) is 0 Å². The Morgan fingerprint density at radius 3 is 2.67 bits per heavy atom. The lowest BCUT2D eigenvalue weighted by atomic mass is 10.1. The molecule has 30 heavy (non-hydrogen) atoms. The van der Waals surface area contributed by atoms with Gasteiger partial charge in [0.25, 0.3) is 0 Å². The Balaban J connectivity index is 1.68. The Bertz CT molecular complexity index is 1090. The first kappa shape index (κ1) is 20.1. The molecule has 1 aliphatic heterocycles. The fourth-order valence-corrected chi connectivity index (χ4v) is 4.19. The maximum Gasteiger partial charge on any atom is 0.326 e. The summed E-state index contributed by atoms with van der Waals surface area (Å²) in [6, 6.07) is 15.8. The lowest BCUT2D eigenvalue weighted by molar-refractivity contribution is -0.148. The van der Waals surface area contributed by atoms with Crippen molar-refractivity contribution in [2.45, 2.75) is 52.2 Å². The van der Waals surface area contributed by atoms with E-state index in [1.54, 1.807) is 0 Å². The van der Waals surface area contributed by atoms with Crippen LogP contribution in [0.4, 0.5) is 5.69 Å². The summed E-state index contributed by atoms with van der Waals surface area (Å²) in [5.41, 5.74) is 3.83. The molecular formula is C24H27N3O3. The molecule has 2 aromatic carbocycles. The van der Waals surface area contributed by atoms with Gasteiger partial charge in [-0.25, -0.2) is 4.98 Å². The van der Waals surface area contributed by atoms with Crippen LogP contribution in [0, 0.1) is 0 Å². The largest absolute Gasteiger partial charge is 0.462 e. The number of ether oxygens (including phenoxy) is 1. The second kappa shape index (κ2) is 8.30. The van der Waals surface area contributed by atoms with Crippen molar-refractivity contribution < 1.29 is 14.3 Å². The van der Waals surface area contributed by atoms with Crippen LogP contribution in [0.15, 0.2) is 48.5 Å². The van der Waals surface area contributed by atoms with E-state index in [0.29, 0.717) is 13.0 Å². The van der Waals surface area contributed by atoms with Crippen molar-refractivity contribution in [1.29, 1.82) is 0 Å². The maximum absolute atomic E-state index is 12.9. The number of anilines is 1. The van der Waals surface area contributed by atoms with Crippen LogP contribution in [0.5, 0.6) is 0 Å². The number of fused-ring (bicyclic) bond motifs is 1. The number of benzene rings is 2. The number of carbonyl (C=O) groups excluding carboxylic acids is 2. The van der Waals surface area contributed by atoms with Crippen LogP contribution in [0.2, 0.25) is 0 Å². The molecule has 1 unspecified atom stereocenters. The van der Waals surface area contributed by atoms with Crippen LogP contribution in [0.1, 0.15) is 44.5 Å². The van der Waals surface area contributed by atoms with E-state index in [-0.39, 0.29) is 30.4 Å². The zero-order valence-corrected chi connectivity index (χ0v) is 17.7. The number of aryl methyl sites for hydroxylation is 1. The third-order valence-corrected chi connectivity index (χ3v) is 5.49. The van der Waals surface area contributed by atoms with Crippen LogP contribution in [-0.2, 0) is 27.3 Å². The number of carbonyl (C=O) groups is 2. The lowest BCUT2D eigenvalue weighted by Gasteiger charge is -2.20. The van der Waals surface area contributed by atoms with E-state index in [2.05, 4.69) is 13.0 Å². The molecular weight excluding hydrogens is 378 g/mol. The Morgan fingerprint density at radius 1 is 1.17 bits per heavy atom. The normalized spacial score (nSPS) is 16.6. The Kier molecular flexibility index (Phi) is 5.57. The van der Waals surface area contributed by atoms with E-state index in [4.69, 9.17) is 9.72 Å². The van der Waals surface area contributed by atoms with Gasteiger partial charge in [0.15, 0.2) is 0 Å². The number of rotatable bonds is 6. The number of hydrogen-bond acceptors (Lipinski definition) is 4. The van der Waals surface area contributed by atoms with Crippen molar-refractivity contribution in [3.8, 4) is 0 Å². The van der Waals surface area contributed by atoms with Crippen LogP contribution in [0.3, 0.4) is 0 Å². The molecule has 6 heteroatoms. The Morgan fingerprint density at radius 2 is 1.90 bits per heavy atom. The fourth-order valence-electron chi connectivity index (χ4n) is 4.19. The van der Waals surface area contributed by atoms with Gasteiger partial charge in [-0.3, -0.25) is 9.59 Å². The summed E-state index contributed by atoms with van der Waals surface area (Å²) >= 11 is 0. The second-order valence-electron chi connectivity index (χ2n) is 7.97. The third-order valence-electron chi connectivity index (χ3n) is 5.49. The summed E-state index contributed by atoms with van der Waals surface area (Å²) in [5.74, 6) is 0.472. The first-order chi connectivity index (χ1) is 14.5. The van der Waals surface area contributed by atoms with Gasteiger partial charge in [0.2, 0.25) is 5.91 Å². The molecule has 1 aromatic heterocycles. The number of nitrogens with zero attached hydrogens (tertiary/aromatic N) is 3. The molecule has 0 bridgehead atoms. The van der Waals surface area contributed by atoms with Crippen molar-refractivity contribution in [3.05, 3.63) is 59.9 Å². The van der Waals surface area contributed by atoms with Gasteiger partial charge in [0.05, 0.1) is 17.1 Å². The van der Waals surface area contributed by atoms with E-state index >= 15 is 0 Å². The number of aromatic nitrogens is 2. The quantitative estimate of drug-likeness (QED) is 0.580. The monoisotopic (exact) mass is 405 g/mol. The minimum atomic E-state index is -0.299. The zero-order valence-electron chi connectivity index (χ0n) is 17.7. The fraction of sp³-hybridized carbons (Fsp3) is 0.375. The predicted molar refractivity (Wildman–Crippen MR) is 116 cm³/mol. The highest BCUT2D eigenvalue weighted by molar-refractivity contribution is 5.97. The standard InChI is InChI=1S/C24H27N3O3/c1-4-17-9-5-7-11-20(17)26-14-18(13-22(26)28)24-25-19-10-6-8-12-21(19)27(24)15-23(29)30-16(2)3/h5-12,16,18H,4,13-15H2,1-3H3. The van der Waals surface area contributed by atoms with Gasteiger partial charge in [-0.05, 0) is 44.0 Å². The molecule has 4 rings (SSSR count). The average molecular weight is 405 g/mol. The predicted octanol–water partition coefficient (Wildman–Crippen LogP) is 4.07. The topological polar surface area (TPSA) is 64.4 Å². The van der Waals surface area contributed by atoms with Gasteiger partial charge in [0, 0.05) is 24.6 Å². The Labute approximate surface area is 176 Å². The van der Waals surface area contributed by atoms with E-state index in [1.807, 2.05) is 65.8 Å². The highest BCUT2D eigenvalue weighted by Gasteiger charge is 2.35. The summed E-state index contributed by atoms with van der Waals surface area (Å²) in [4.78, 5) is 32.0. The smallest absolute Gasteiger partial charge is 0.326 e. The SMILES string of the molecule is CCc1ccccc1N1CC(c2nc3ccccc3n2CC(=O)OC(C)C)CC1=O. The first-order valence-corrected chi connectivity index (χ1v) is 10.5. The van der Waals surface area contributed by atoms with Gasteiger partial charge in [-0.15, -0.1) is 0 Å². The molecule has 1 saturated heterocycles. The molecule has 1 fully saturated rings. The van der Waals surface area contributed by atoms with Gasteiger partial charge in [-0.2, -0.15) is 0 Å². The number of esters is 1. The van der Waals surface area contributed by atoms with E-state index in [9.17, 15) is 9.59 Å². The summed E-state index contributed by atoms with van der Waals surface area (Å²) in [6.07, 6.45) is 1.06. The molecule has 156 valence electrons. The molecule has 1 amide bonds. The molecule has 0 aliphatic carbocycles. The summed E-state index contributed by atoms with van der Waals surface area (Å²) in [6.45, 7) is 6.41. The van der Waals surface area contributed by atoms with Crippen molar-refractivity contribution in [3.63, 3.8) is 0 Å². The minimum Gasteiger partial charge on any atom is -0.462 e. The zero-order chi connectivity index (χ0) is 21.3. The van der Waals surface area contributed by atoms with Crippen LogP contribution in [-0.4, -0.2) is 34.1 Å². The lowest BCUT2D eigenvalue weighted by Crippen LogP contribution is -2.26. The number of amides is 1. The minimum absolute atomic E-state index is 0.0818. The van der Waals surface area contributed by atoms with Crippen molar-refractivity contribution >= 4 is 28.6 Å². The molecule has 3 aromatic rings.